The molecule has 1 atom stereocenters. The minimum Gasteiger partial charge on any atom is -0.354 e. The van der Waals surface area contributed by atoms with E-state index in [0.29, 0.717) is 11.6 Å². The molecule has 1 amide bonds. The molecule has 1 unspecified atom stereocenters. The number of rotatable bonds is 5. The standard InChI is InChI=1S/C18H18ClN3O/c1-13(14-5-3-2-4-6-14)10-20-18(23)12-22-17-9-16(19)8-7-15(17)11-21-22/h2-9,11,13H,10,12H2,1H3,(H,20,23). The molecule has 118 valence electrons. The Labute approximate surface area is 140 Å². The van der Waals surface area contributed by atoms with E-state index < -0.39 is 0 Å². The molecule has 0 fully saturated rings. The molecular weight excluding hydrogens is 310 g/mol. The molecular formula is C18H18ClN3O. The molecule has 1 aromatic heterocycles. The number of amides is 1. The number of carbonyl (C=O) groups is 1. The van der Waals surface area contributed by atoms with Crippen LogP contribution in [0.15, 0.2) is 54.7 Å². The fraction of sp³-hybridized carbons (Fsp3) is 0.222. The van der Waals surface area contributed by atoms with E-state index in [1.165, 1.54) is 5.56 Å². The van der Waals surface area contributed by atoms with E-state index >= 15 is 0 Å². The van der Waals surface area contributed by atoms with Crippen molar-refractivity contribution in [1.29, 1.82) is 0 Å². The molecule has 0 aliphatic rings. The van der Waals surface area contributed by atoms with E-state index in [2.05, 4.69) is 29.5 Å². The lowest BCUT2D eigenvalue weighted by Gasteiger charge is -2.13. The van der Waals surface area contributed by atoms with Crippen molar-refractivity contribution in [3.8, 4) is 0 Å². The van der Waals surface area contributed by atoms with Crippen molar-refractivity contribution in [3.63, 3.8) is 0 Å². The molecule has 4 nitrogen and oxygen atoms in total. The molecule has 2 aromatic carbocycles. The van der Waals surface area contributed by atoms with Crippen LogP contribution in [0.2, 0.25) is 5.02 Å². The van der Waals surface area contributed by atoms with Crippen molar-refractivity contribution in [1.82, 2.24) is 15.1 Å². The number of hydrogen-bond acceptors (Lipinski definition) is 2. The minimum atomic E-state index is -0.0576. The van der Waals surface area contributed by atoms with Crippen LogP contribution in [-0.4, -0.2) is 22.2 Å². The zero-order chi connectivity index (χ0) is 16.2. The van der Waals surface area contributed by atoms with Crippen molar-refractivity contribution in [3.05, 3.63) is 65.3 Å². The number of hydrogen-bond donors (Lipinski definition) is 1. The second-order valence-corrected chi connectivity index (χ2v) is 6.06. The van der Waals surface area contributed by atoms with Crippen LogP contribution in [0.5, 0.6) is 0 Å². The number of fused-ring (bicyclic) bond motifs is 1. The Bertz CT molecular complexity index is 814. The molecule has 0 radical (unpaired) electrons. The average Bonchev–Trinajstić information content (AvgIpc) is 2.95. The summed E-state index contributed by atoms with van der Waals surface area (Å²) < 4.78 is 1.67. The molecule has 0 bridgehead atoms. The fourth-order valence-electron chi connectivity index (χ4n) is 2.53. The summed E-state index contributed by atoms with van der Waals surface area (Å²) in [6.07, 6.45) is 1.74. The third-order valence-corrected chi connectivity index (χ3v) is 4.11. The Morgan fingerprint density at radius 3 is 2.83 bits per heavy atom. The van der Waals surface area contributed by atoms with Crippen LogP contribution >= 0.6 is 11.6 Å². The van der Waals surface area contributed by atoms with Gasteiger partial charge < -0.3 is 5.32 Å². The van der Waals surface area contributed by atoms with Gasteiger partial charge in [-0.2, -0.15) is 5.10 Å². The SMILES string of the molecule is CC(CNC(=O)Cn1ncc2ccc(Cl)cc21)c1ccccc1. The monoisotopic (exact) mass is 327 g/mol. The molecule has 0 saturated heterocycles. The van der Waals surface area contributed by atoms with Crippen molar-refractivity contribution >= 4 is 28.4 Å². The van der Waals surface area contributed by atoms with Gasteiger partial charge in [0, 0.05) is 17.0 Å². The Kier molecular flexibility index (Phi) is 4.63. The molecule has 3 rings (SSSR count). The van der Waals surface area contributed by atoms with Crippen LogP contribution in [0.25, 0.3) is 10.9 Å². The molecule has 23 heavy (non-hydrogen) atoms. The van der Waals surface area contributed by atoms with Gasteiger partial charge in [0.15, 0.2) is 0 Å². The summed E-state index contributed by atoms with van der Waals surface area (Å²) in [5.41, 5.74) is 2.08. The summed E-state index contributed by atoms with van der Waals surface area (Å²) in [6.45, 7) is 2.88. The normalized spacial score (nSPS) is 12.3. The Hall–Kier alpha value is -2.33. The van der Waals surface area contributed by atoms with E-state index in [4.69, 9.17) is 11.6 Å². The lowest BCUT2D eigenvalue weighted by molar-refractivity contribution is -0.121. The summed E-state index contributed by atoms with van der Waals surface area (Å²) in [5.74, 6) is 0.210. The molecule has 1 N–H and O–H groups in total. The second kappa shape index (κ2) is 6.84. The zero-order valence-corrected chi connectivity index (χ0v) is 13.6. The molecule has 0 saturated carbocycles. The van der Waals surface area contributed by atoms with Crippen molar-refractivity contribution in [2.75, 3.05) is 6.54 Å². The zero-order valence-electron chi connectivity index (χ0n) is 12.9. The van der Waals surface area contributed by atoms with Gasteiger partial charge in [-0.25, -0.2) is 0 Å². The molecule has 3 aromatic rings. The summed E-state index contributed by atoms with van der Waals surface area (Å²) in [4.78, 5) is 12.2. The first-order valence-electron chi connectivity index (χ1n) is 7.56. The van der Waals surface area contributed by atoms with Gasteiger partial charge in [-0.05, 0) is 29.7 Å². The third-order valence-electron chi connectivity index (χ3n) is 3.87. The lowest BCUT2D eigenvalue weighted by atomic mass is 10.0. The highest BCUT2D eigenvalue weighted by Crippen LogP contribution is 2.19. The maximum atomic E-state index is 12.2. The molecule has 0 spiro atoms. The summed E-state index contributed by atoms with van der Waals surface area (Å²) in [6, 6.07) is 15.7. The van der Waals surface area contributed by atoms with Crippen molar-refractivity contribution < 1.29 is 4.79 Å². The largest absolute Gasteiger partial charge is 0.354 e. The van der Waals surface area contributed by atoms with Gasteiger partial charge in [0.1, 0.15) is 6.54 Å². The van der Waals surface area contributed by atoms with Gasteiger partial charge in [0.05, 0.1) is 11.7 Å². The highest BCUT2D eigenvalue weighted by Gasteiger charge is 2.10. The molecule has 0 aliphatic carbocycles. The summed E-state index contributed by atoms with van der Waals surface area (Å²) >= 11 is 6.01. The van der Waals surface area contributed by atoms with Gasteiger partial charge in [0.2, 0.25) is 5.91 Å². The Balaban J connectivity index is 1.62. The van der Waals surface area contributed by atoms with E-state index in [1.54, 1.807) is 10.9 Å². The van der Waals surface area contributed by atoms with Crippen LogP contribution in [0.1, 0.15) is 18.4 Å². The molecule has 1 heterocycles. The number of aromatic nitrogens is 2. The average molecular weight is 328 g/mol. The van der Waals surface area contributed by atoms with Gasteiger partial charge >= 0.3 is 0 Å². The van der Waals surface area contributed by atoms with Crippen molar-refractivity contribution in [2.45, 2.75) is 19.4 Å². The van der Waals surface area contributed by atoms with E-state index in [9.17, 15) is 4.79 Å². The molecule has 0 aliphatic heterocycles. The van der Waals surface area contributed by atoms with E-state index in [-0.39, 0.29) is 18.4 Å². The predicted octanol–water partition coefficient (Wildman–Crippen LogP) is 3.61. The van der Waals surface area contributed by atoms with Crippen LogP contribution < -0.4 is 5.32 Å². The number of halogens is 1. The highest BCUT2D eigenvalue weighted by atomic mass is 35.5. The number of nitrogens with zero attached hydrogens (tertiary/aromatic N) is 2. The topological polar surface area (TPSA) is 46.9 Å². The predicted molar refractivity (Wildman–Crippen MR) is 92.6 cm³/mol. The fourth-order valence-corrected chi connectivity index (χ4v) is 2.69. The van der Waals surface area contributed by atoms with Gasteiger partial charge in [-0.1, -0.05) is 48.9 Å². The van der Waals surface area contributed by atoms with E-state index in [0.717, 1.165) is 10.9 Å². The van der Waals surface area contributed by atoms with Crippen LogP contribution in [0.3, 0.4) is 0 Å². The maximum absolute atomic E-state index is 12.2. The smallest absolute Gasteiger partial charge is 0.241 e. The number of benzene rings is 2. The maximum Gasteiger partial charge on any atom is 0.241 e. The van der Waals surface area contributed by atoms with Crippen LogP contribution in [0, 0.1) is 0 Å². The first-order valence-corrected chi connectivity index (χ1v) is 7.94. The van der Waals surface area contributed by atoms with E-state index in [1.807, 2.05) is 36.4 Å². The summed E-state index contributed by atoms with van der Waals surface area (Å²) in [5, 5.41) is 8.83. The van der Waals surface area contributed by atoms with Crippen molar-refractivity contribution in [2.24, 2.45) is 0 Å². The first kappa shape index (κ1) is 15.6. The number of nitrogens with one attached hydrogen (secondary N) is 1. The van der Waals surface area contributed by atoms with Crippen LogP contribution in [-0.2, 0) is 11.3 Å². The van der Waals surface area contributed by atoms with Crippen LogP contribution in [0.4, 0.5) is 0 Å². The Morgan fingerprint density at radius 2 is 2.04 bits per heavy atom. The minimum absolute atomic E-state index is 0.0576. The Morgan fingerprint density at radius 1 is 1.26 bits per heavy atom. The second-order valence-electron chi connectivity index (χ2n) is 5.62. The van der Waals surface area contributed by atoms with Gasteiger partial charge in [-0.3, -0.25) is 9.48 Å². The summed E-state index contributed by atoms with van der Waals surface area (Å²) in [7, 11) is 0. The lowest BCUT2D eigenvalue weighted by Crippen LogP contribution is -2.31. The highest BCUT2D eigenvalue weighted by molar-refractivity contribution is 6.31. The molecule has 5 heteroatoms. The third kappa shape index (κ3) is 3.71. The first-order chi connectivity index (χ1) is 11.1. The van der Waals surface area contributed by atoms with Gasteiger partial charge in [-0.15, -0.1) is 0 Å². The number of carbonyl (C=O) groups excluding carboxylic acids is 1. The van der Waals surface area contributed by atoms with Gasteiger partial charge in [0.25, 0.3) is 0 Å². The quantitative estimate of drug-likeness (QED) is 0.778.